The highest BCUT2D eigenvalue weighted by Gasteiger charge is 2.47. The van der Waals surface area contributed by atoms with Crippen molar-refractivity contribution in [3.63, 3.8) is 0 Å². The fourth-order valence-electron chi connectivity index (χ4n) is 4.29. The average molecular weight is 510 g/mol. The van der Waals surface area contributed by atoms with Gasteiger partial charge in [0.15, 0.2) is 5.82 Å². The average Bonchev–Trinajstić information content (AvgIpc) is 2.93. The Bertz CT molecular complexity index is 1170. The van der Waals surface area contributed by atoms with Gasteiger partial charge in [-0.25, -0.2) is 14.8 Å². The number of benzene rings is 2. The Morgan fingerprint density at radius 1 is 0.838 bits per heavy atom. The molecule has 1 aromatic heterocycles. The van der Waals surface area contributed by atoms with E-state index in [9.17, 15) is 4.79 Å². The maximum atomic E-state index is 12.6. The first-order valence-electron chi connectivity index (χ1n) is 11.8. The third kappa shape index (κ3) is 6.05. The lowest BCUT2D eigenvalue weighted by Gasteiger charge is -2.43. The van der Waals surface area contributed by atoms with Gasteiger partial charge in [0.2, 0.25) is 6.29 Å². The van der Waals surface area contributed by atoms with Gasteiger partial charge in [-0.2, -0.15) is 0 Å². The van der Waals surface area contributed by atoms with Crippen LogP contribution in [0, 0.1) is 0 Å². The van der Waals surface area contributed by atoms with Gasteiger partial charge in [0.1, 0.15) is 24.1 Å². The van der Waals surface area contributed by atoms with E-state index in [-0.39, 0.29) is 12.2 Å². The topological polar surface area (TPSA) is 110 Å². The van der Waals surface area contributed by atoms with Crippen molar-refractivity contribution in [2.45, 2.75) is 37.6 Å². The number of carbonyl (C=O) groups excluding carboxylic acids is 1. The van der Waals surface area contributed by atoms with Crippen LogP contribution in [0.25, 0.3) is 22.6 Å². The molecule has 196 valence electrons. The van der Waals surface area contributed by atoms with Crippen LogP contribution in [0.2, 0.25) is 0 Å². The van der Waals surface area contributed by atoms with E-state index in [2.05, 4.69) is 15.3 Å². The number of anilines is 1. The van der Waals surface area contributed by atoms with Crippen LogP contribution in [-0.2, 0) is 23.7 Å². The molecule has 0 saturated carbocycles. The normalized spacial score (nSPS) is 23.3. The summed E-state index contributed by atoms with van der Waals surface area (Å²) in [5, 5.41) is 2.72. The second-order valence-electron chi connectivity index (χ2n) is 8.41. The minimum atomic E-state index is -0.965. The number of rotatable bonds is 8. The van der Waals surface area contributed by atoms with Crippen LogP contribution in [0.5, 0.6) is 5.75 Å². The molecule has 1 N–H and O–H groups in total. The second kappa shape index (κ2) is 12.1. The van der Waals surface area contributed by atoms with Crippen LogP contribution < -0.4 is 10.1 Å². The minimum absolute atomic E-state index is 0.363. The maximum Gasteiger partial charge on any atom is 0.414 e. The van der Waals surface area contributed by atoms with Gasteiger partial charge in [-0.3, -0.25) is 5.32 Å². The molecule has 37 heavy (non-hydrogen) atoms. The first-order chi connectivity index (χ1) is 18.0. The maximum absolute atomic E-state index is 12.6. The number of amides is 1. The standard InChI is InChI=1S/C27H31N3O7/c1-16-22(33-3)23(34-4)24(35-5)26(36-16)37-27(31)29-19-10-6-17(7-11-19)21-14-15-28-25(30-21)18-8-12-20(32-2)13-9-18/h6-16,22-24,26H,1-5H3,(H,29,31). The van der Waals surface area contributed by atoms with Gasteiger partial charge in [-0.05, 0) is 49.4 Å². The summed E-state index contributed by atoms with van der Waals surface area (Å²) in [6.07, 6.45) is -1.78. The second-order valence-corrected chi connectivity index (χ2v) is 8.41. The molecule has 1 aliphatic rings. The first-order valence-corrected chi connectivity index (χ1v) is 11.8. The first kappa shape index (κ1) is 26.5. The van der Waals surface area contributed by atoms with Crippen molar-refractivity contribution < 1.29 is 33.2 Å². The monoisotopic (exact) mass is 509 g/mol. The van der Waals surface area contributed by atoms with Crippen molar-refractivity contribution in [3.8, 4) is 28.4 Å². The SMILES string of the molecule is COc1ccc(-c2nccc(-c3ccc(NC(=O)OC4OC(C)C(OC)C(OC)C4OC)cc3)n2)cc1. The van der Waals surface area contributed by atoms with Gasteiger partial charge in [-0.1, -0.05) is 12.1 Å². The highest BCUT2D eigenvalue weighted by Crippen LogP contribution is 2.28. The molecule has 0 radical (unpaired) electrons. The van der Waals surface area contributed by atoms with Crippen molar-refractivity contribution in [2.75, 3.05) is 33.8 Å². The zero-order chi connectivity index (χ0) is 26.4. The molecule has 0 aliphatic carbocycles. The molecule has 10 heteroatoms. The number of nitrogens with one attached hydrogen (secondary N) is 1. The van der Waals surface area contributed by atoms with Gasteiger partial charge in [0.25, 0.3) is 0 Å². The van der Waals surface area contributed by atoms with Gasteiger partial charge in [0, 0.05) is 44.3 Å². The molecule has 10 nitrogen and oxygen atoms in total. The highest BCUT2D eigenvalue weighted by atomic mass is 16.7. The van der Waals surface area contributed by atoms with Crippen molar-refractivity contribution in [2.24, 2.45) is 0 Å². The Kier molecular flexibility index (Phi) is 8.67. The van der Waals surface area contributed by atoms with E-state index in [0.717, 1.165) is 22.6 Å². The summed E-state index contributed by atoms with van der Waals surface area (Å²) in [5.74, 6) is 1.37. The molecule has 4 rings (SSSR count). The molecular weight excluding hydrogens is 478 g/mol. The van der Waals surface area contributed by atoms with Crippen molar-refractivity contribution in [3.05, 3.63) is 60.8 Å². The summed E-state index contributed by atoms with van der Waals surface area (Å²) in [6, 6.07) is 16.6. The Balaban J connectivity index is 1.41. The molecule has 5 atom stereocenters. The number of nitrogens with zero attached hydrogens (tertiary/aromatic N) is 2. The molecule has 2 heterocycles. The molecule has 5 unspecified atom stereocenters. The quantitative estimate of drug-likeness (QED) is 0.479. The van der Waals surface area contributed by atoms with E-state index in [1.165, 1.54) is 7.11 Å². The van der Waals surface area contributed by atoms with E-state index in [0.29, 0.717) is 11.5 Å². The van der Waals surface area contributed by atoms with Crippen LogP contribution in [0.3, 0.4) is 0 Å². The largest absolute Gasteiger partial charge is 0.497 e. The number of hydrogen-bond donors (Lipinski definition) is 1. The van der Waals surface area contributed by atoms with Gasteiger partial charge < -0.3 is 28.4 Å². The minimum Gasteiger partial charge on any atom is -0.497 e. The zero-order valence-corrected chi connectivity index (χ0v) is 21.4. The van der Waals surface area contributed by atoms with Crippen LogP contribution >= 0.6 is 0 Å². The van der Waals surface area contributed by atoms with Gasteiger partial charge >= 0.3 is 6.09 Å². The van der Waals surface area contributed by atoms with Crippen molar-refractivity contribution >= 4 is 11.8 Å². The fourth-order valence-corrected chi connectivity index (χ4v) is 4.29. The van der Waals surface area contributed by atoms with Crippen LogP contribution in [-0.4, -0.2) is 75.2 Å². The molecule has 0 bridgehead atoms. The highest BCUT2D eigenvalue weighted by molar-refractivity contribution is 5.85. The summed E-state index contributed by atoms with van der Waals surface area (Å²) in [5.41, 5.74) is 3.05. The van der Waals surface area contributed by atoms with E-state index in [1.54, 1.807) is 39.7 Å². The smallest absolute Gasteiger partial charge is 0.414 e. The molecular formula is C27H31N3O7. The summed E-state index contributed by atoms with van der Waals surface area (Å²) in [7, 11) is 6.25. The molecule has 2 aromatic carbocycles. The Morgan fingerprint density at radius 3 is 2.11 bits per heavy atom. The molecule has 0 spiro atoms. The molecule has 3 aromatic rings. The van der Waals surface area contributed by atoms with Crippen LogP contribution in [0.1, 0.15) is 6.92 Å². The lowest BCUT2D eigenvalue weighted by Crippen LogP contribution is -2.59. The lowest BCUT2D eigenvalue weighted by molar-refractivity contribution is -0.288. The predicted octanol–water partition coefficient (Wildman–Crippen LogP) is 4.16. The zero-order valence-electron chi connectivity index (χ0n) is 21.4. The summed E-state index contributed by atoms with van der Waals surface area (Å²) in [4.78, 5) is 21.7. The summed E-state index contributed by atoms with van der Waals surface area (Å²) < 4.78 is 33.1. The van der Waals surface area contributed by atoms with Crippen LogP contribution in [0.4, 0.5) is 10.5 Å². The number of carbonyl (C=O) groups is 1. The Hall–Kier alpha value is -3.57. The molecule has 1 aliphatic heterocycles. The molecule has 1 saturated heterocycles. The van der Waals surface area contributed by atoms with Gasteiger partial charge in [0.05, 0.1) is 18.9 Å². The number of aromatic nitrogens is 2. The lowest BCUT2D eigenvalue weighted by atomic mass is 9.99. The molecule has 1 fully saturated rings. The fraction of sp³-hybridized carbons (Fsp3) is 0.370. The predicted molar refractivity (Wildman–Crippen MR) is 136 cm³/mol. The summed E-state index contributed by atoms with van der Waals surface area (Å²) >= 11 is 0. The van der Waals surface area contributed by atoms with Crippen molar-refractivity contribution in [1.29, 1.82) is 0 Å². The van der Waals surface area contributed by atoms with Crippen molar-refractivity contribution in [1.82, 2.24) is 9.97 Å². The number of hydrogen-bond acceptors (Lipinski definition) is 9. The van der Waals surface area contributed by atoms with Crippen LogP contribution in [0.15, 0.2) is 60.8 Å². The van der Waals surface area contributed by atoms with E-state index >= 15 is 0 Å². The summed E-state index contributed by atoms with van der Waals surface area (Å²) in [6.45, 7) is 1.83. The Labute approximate surface area is 215 Å². The molecule has 1 amide bonds. The van der Waals surface area contributed by atoms with E-state index in [4.69, 9.17) is 28.4 Å². The number of ether oxygens (including phenoxy) is 6. The number of methoxy groups -OCH3 is 4. The Morgan fingerprint density at radius 2 is 1.49 bits per heavy atom. The van der Waals surface area contributed by atoms with E-state index in [1.807, 2.05) is 49.4 Å². The van der Waals surface area contributed by atoms with Gasteiger partial charge in [-0.15, -0.1) is 0 Å². The van der Waals surface area contributed by atoms with E-state index < -0.39 is 24.6 Å². The third-order valence-electron chi connectivity index (χ3n) is 6.20. The third-order valence-corrected chi connectivity index (χ3v) is 6.20.